The third-order valence-electron chi connectivity index (χ3n) is 6.39. The van der Waals surface area contributed by atoms with E-state index in [-0.39, 0.29) is 24.0 Å². The molecule has 8 heteroatoms. The molecule has 0 radical (unpaired) electrons. The molecule has 3 atom stereocenters. The molecule has 3 N–H and O–H groups in total. The minimum atomic E-state index is -0.0356. The maximum atomic E-state index is 12.4. The smallest absolute Gasteiger partial charge is 0.315 e. The van der Waals surface area contributed by atoms with Crippen molar-refractivity contribution < 1.29 is 9.59 Å². The summed E-state index contributed by atoms with van der Waals surface area (Å²) < 4.78 is 0. The van der Waals surface area contributed by atoms with Gasteiger partial charge in [0, 0.05) is 55.8 Å². The van der Waals surface area contributed by atoms with E-state index < -0.39 is 0 Å². The predicted octanol–water partition coefficient (Wildman–Crippen LogP) is 1.78. The van der Waals surface area contributed by atoms with Gasteiger partial charge in [-0.25, -0.2) is 4.79 Å². The summed E-state index contributed by atoms with van der Waals surface area (Å²) in [5, 5.41) is 9.58. The Morgan fingerprint density at radius 2 is 1.97 bits per heavy atom. The molecular formula is C22H33N5O2S. The number of likely N-dealkylation sites (N-methyl/N-ethyl adjacent to an activating group) is 1. The normalized spacial score (nSPS) is 26.2. The minimum Gasteiger partial charge on any atom is -0.369 e. The lowest BCUT2D eigenvalue weighted by molar-refractivity contribution is -0.121. The number of unbranched alkanes of at least 4 members (excludes halogenated alkanes) is 1. The average molecular weight is 432 g/mol. The molecule has 0 saturated carbocycles. The van der Waals surface area contributed by atoms with Crippen molar-refractivity contribution in [3.63, 3.8) is 0 Å². The van der Waals surface area contributed by atoms with Gasteiger partial charge >= 0.3 is 6.03 Å². The van der Waals surface area contributed by atoms with Crippen molar-refractivity contribution in [2.75, 3.05) is 43.9 Å². The number of benzene rings is 1. The van der Waals surface area contributed by atoms with E-state index in [4.69, 9.17) is 0 Å². The standard InChI is InChI=1S/C22H33N5O2S/c1-26-10-12-27(13-11-26)18-7-3-2-6-16(18)14-23-20(28)9-5-4-8-19-21-17(15-30-19)24-22(29)25-21/h2-3,6-7,17,19,21H,4-5,8-15H2,1H3,(H,23,28)(H2,24,25,29)/t17-,19-,21-/m0/s1. The number of hydrogen-bond donors (Lipinski definition) is 3. The molecule has 0 unspecified atom stereocenters. The maximum Gasteiger partial charge on any atom is 0.315 e. The Kier molecular flexibility index (Phi) is 7.04. The molecule has 3 saturated heterocycles. The van der Waals surface area contributed by atoms with Crippen molar-refractivity contribution in [1.29, 1.82) is 0 Å². The van der Waals surface area contributed by atoms with Crippen LogP contribution in [0.1, 0.15) is 31.2 Å². The molecule has 3 heterocycles. The molecule has 30 heavy (non-hydrogen) atoms. The van der Waals surface area contributed by atoms with Gasteiger partial charge in [-0.2, -0.15) is 11.8 Å². The molecule has 1 aromatic carbocycles. The van der Waals surface area contributed by atoms with Gasteiger partial charge in [0.15, 0.2) is 0 Å². The monoisotopic (exact) mass is 431 g/mol. The first-order chi connectivity index (χ1) is 14.6. The van der Waals surface area contributed by atoms with E-state index in [0.29, 0.717) is 18.2 Å². The highest BCUT2D eigenvalue weighted by Gasteiger charge is 2.42. The van der Waals surface area contributed by atoms with Crippen molar-refractivity contribution in [2.45, 2.75) is 49.6 Å². The maximum absolute atomic E-state index is 12.4. The van der Waals surface area contributed by atoms with Gasteiger partial charge in [-0.15, -0.1) is 0 Å². The highest BCUT2D eigenvalue weighted by Crippen LogP contribution is 2.33. The predicted molar refractivity (Wildman–Crippen MR) is 122 cm³/mol. The Labute approximate surface area is 183 Å². The summed E-state index contributed by atoms with van der Waals surface area (Å²) >= 11 is 1.93. The van der Waals surface area contributed by atoms with Crippen LogP contribution < -0.4 is 20.9 Å². The van der Waals surface area contributed by atoms with Crippen LogP contribution in [0, 0.1) is 0 Å². The molecule has 0 bridgehead atoms. The van der Waals surface area contributed by atoms with Gasteiger partial charge in [0.2, 0.25) is 5.91 Å². The molecule has 3 aliphatic heterocycles. The number of amides is 3. The topological polar surface area (TPSA) is 76.7 Å². The molecule has 3 amide bonds. The minimum absolute atomic E-state index is 0.0356. The van der Waals surface area contributed by atoms with Gasteiger partial charge in [-0.3, -0.25) is 4.79 Å². The van der Waals surface area contributed by atoms with Gasteiger partial charge in [0.25, 0.3) is 0 Å². The lowest BCUT2D eigenvalue weighted by atomic mass is 10.0. The Morgan fingerprint density at radius 3 is 2.80 bits per heavy atom. The van der Waals surface area contributed by atoms with Gasteiger partial charge < -0.3 is 25.8 Å². The Balaban J connectivity index is 1.17. The number of anilines is 1. The second-order valence-electron chi connectivity index (χ2n) is 8.56. The number of nitrogens with one attached hydrogen (secondary N) is 3. The molecule has 1 aromatic rings. The Hall–Kier alpha value is -1.93. The lowest BCUT2D eigenvalue weighted by Crippen LogP contribution is -2.45. The van der Waals surface area contributed by atoms with Crippen molar-refractivity contribution in [3.8, 4) is 0 Å². The van der Waals surface area contributed by atoms with Crippen LogP contribution in [0.15, 0.2) is 24.3 Å². The van der Waals surface area contributed by atoms with E-state index in [1.54, 1.807) is 0 Å². The number of nitrogens with zero attached hydrogens (tertiary/aromatic N) is 2. The zero-order valence-electron chi connectivity index (χ0n) is 17.7. The first-order valence-electron chi connectivity index (χ1n) is 11.1. The van der Waals surface area contributed by atoms with Crippen LogP contribution in [0.2, 0.25) is 0 Å². The van der Waals surface area contributed by atoms with Crippen LogP contribution in [0.25, 0.3) is 0 Å². The fourth-order valence-electron chi connectivity index (χ4n) is 4.57. The fraction of sp³-hybridized carbons (Fsp3) is 0.636. The highest BCUT2D eigenvalue weighted by molar-refractivity contribution is 8.00. The number of thioether (sulfide) groups is 1. The summed E-state index contributed by atoms with van der Waals surface area (Å²) in [5.41, 5.74) is 2.43. The number of piperazine rings is 1. The second-order valence-corrected chi connectivity index (χ2v) is 9.84. The summed E-state index contributed by atoms with van der Waals surface area (Å²) in [6, 6.07) is 8.89. The number of hydrogen-bond acceptors (Lipinski definition) is 5. The Bertz CT molecular complexity index is 753. The van der Waals surface area contributed by atoms with Crippen molar-refractivity contribution in [3.05, 3.63) is 29.8 Å². The number of fused-ring (bicyclic) bond motifs is 1. The van der Waals surface area contributed by atoms with E-state index in [2.05, 4.69) is 51.0 Å². The summed E-state index contributed by atoms with van der Waals surface area (Å²) in [5.74, 6) is 1.11. The second kappa shape index (κ2) is 9.92. The van der Waals surface area contributed by atoms with Gasteiger partial charge in [-0.1, -0.05) is 24.6 Å². The lowest BCUT2D eigenvalue weighted by Gasteiger charge is -2.35. The number of para-hydroxylation sites is 1. The van der Waals surface area contributed by atoms with E-state index >= 15 is 0 Å². The van der Waals surface area contributed by atoms with Gasteiger partial charge in [-0.05, 0) is 31.5 Å². The van der Waals surface area contributed by atoms with E-state index in [1.165, 1.54) is 11.3 Å². The molecule has 4 rings (SSSR count). The SMILES string of the molecule is CN1CCN(c2ccccc2CNC(=O)CCCC[C@@H]2SC[C@@H]3NC(=O)N[C@@H]32)CC1. The zero-order valence-corrected chi connectivity index (χ0v) is 18.5. The van der Waals surface area contributed by atoms with Crippen LogP contribution in [0.4, 0.5) is 10.5 Å². The van der Waals surface area contributed by atoms with Crippen LogP contribution in [0.3, 0.4) is 0 Å². The molecule has 0 aromatic heterocycles. The fourth-order valence-corrected chi connectivity index (χ4v) is 6.12. The van der Waals surface area contributed by atoms with Crippen molar-refractivity contribution in [2.24, 2.45) is 0 Å². The molecule has 0 aliphatic carbocycles. The zero-order chi connectivity index (χ0) is 20.9. The van der Waals surface area contributed by atoms with Crippen LogP contribution in [0.5, 0.6) is 0 Å². The summed E-state index contributed by atoms with van der Waals surface area (Å²) in [4.78, 5) is 28.6. The van der Waals surface area contributed by atoms with E-state index in [9.17, 15) is 9.59 Å². The first-order valence-corrected chi connectivity index (χ1v) is 12.1. The highest BCUT2D eigenvalue weighted by atomic mass is 32.2. The molecule has 3 aliphatic rings. The van der Waals surface area contributed by atoms with E-state index in [0.717, 1.165) is 51.2 Å². The third kappa shape index (κ3) is 5.21. The molecular weight excluding hydrogens is 398 g/mol. The molecule has 0 spiro atoms. The summed E-state index contributed by atoms with van der Waals surface area (Å²) in [6.45, 7) is 4.78. The van der Waals surface area contributed by atoms with Crippen LogP contribution in [-0.4, -0.2) is 73.2 Å². The van der Waals surface area contributed by atoms with Crippen molar-refractivity contribution >= 4 is 29.4 Å². The number of rotatable bonds is 8. The molecule has 7 nitrogen and oxygen atoms in total. The van der Waals surface area contributed by atoms with Gasteiger partial charge in [0.05, 0.1) is 12.1 Å². The van der Waals surface area contributed by atoms with Crippen LogP contribution >= 0.6 is 11.8 Å². The van der Waals surface area contributed by atoms with Gasteiger partial charge in [0.1, 0.15) is 0 Å². The summed E-state index contributed by atoms with van der Waals surface area (Å²) in [7, 11) is 2.16. The summed E-state index contributed by atoms with van der Waals surface area (Å²) in [6.07, 6.45) is 3.52. The average Bonchev–Trinajstić information content (AvgIpc) is 3.30. The third-order valence-corrected chi connectivity index (χ3v) is 7.90. The Morgan fingerprint density at radius 1 is 1.17 bits per heavy atom. The quantitative estimate of drug-likeness (QED) is 0.432. The van der Waals surface area contributed by atoms with Crippen molar-refractivity contribution in [1.82, 2.24) is 20.9 Å². The number of urea groups is 1. The van der Waals surface area contributed by atoms with Crippen LogP contribution in [-0.2, 0) is 11.3 Å². The van der Waals surface area contributed by atoms with E-state index in [1.807, 2.05) is 17.8 Å². The largest absolute Gasteiger partial charge is 0.369 e. The molecule has 164 valence electrons. The number of carbonyl (C=O) groups excluding carboxylic acids is 2. The number of carbonyl (C=O) groups is 2. The first kappa shape index (κ1) is 21.3. The molecule has 3 fully saturated rings.